The summed E-state index contributed by atoms with van der Waals surface area (Å²) in [6, 6.07) is 0. The average Bonchev–Trinajstić information content (AvgIpc) is 2.98. The van der Waals surface area contributed by atoms with Gasteiger partial charge in [0.05, 0.1) is 18.8 Å². The highest BCUT2D eigenvalue weighted by Gasteiger charge is 2.51. The summed E-state index contributed by atoms with van der Waals surface area (Å²) in [5.74, 6) is 1.59. The van der Waals surface area contributed by atoms with Gasteiger partial charge >= 0.3 is 6.09 Å². The van der Waals surface area contributed by atoms with Gasteiger partial charge in [-0.2, -0.15) is 0 Å². The van der Waals surface area contributed by atoms with E-state index >= 15 is 0 Å². The fourth-order valence-corrected chi connectivity index (χ4v) is 5.17. The molecule has 0 N–H and O–H groups in total. The Hall–Kier alpha value is -1.18. The molecule has 2 amide bonds. The number of amides is 2. The summed E-state index contributed by atoms with van der Waals surface area (Å²) < 4.78 is 24.2. The number of imide groups is 1. The summed E-state index contributed by atoms with van der Waals surface area (Å²) in [5, 5.41) is 0. The van der Waals surface area contributed by atoms with Crippen molar-refractivity contribution in [1.82, 2.24) is 4.90 Å². The zero-order valence-electron chi connectivity index (χ0n) is 19.7. The van der Waals surface area contributed by atoms with Crippen LogP contribution in [-0.4, -0.2) is 61.3 Å². The summed E-state index contributed by atoms with van der Waals surface area (Å²) in [7, 11) is 1.44. The summed E-state index contributed by atoms with van der Waals surface area (Å²) >= 11 is 0. The topological polar surface area (TPSA) is 74.3 Å². The third-order valence-electron chi connectivity index (χ3n) is 8.28. The lowest BCUT2D eigenvalue weighted by Crippen LogP contribution is -2.54. The van der Waals surface area contributed by atoms with Gasteiger partial charge in [-0.25, -0.2) is 9.69 Å². The molecule has 11 unspecified atom stereocenters. The summed E-state index contributed by atoms with van der Waals surface area (Å²) in [6.45, 7) is 15.6. The Morgan fingerprint density at radius 2 is 1.43 bits per heavy atom. The molecule has 0 aromatic heterocycles. The molecule has 0 spiro atoms. The predicted molar refractivity (Wildman–Crippen MR) is 112 cm³/mol. The van der Waals surface area contributed by atoms with Crippen molar-refractivity contribution in [2.45, 2.75) is 85.6 Å². The quantitative estimate of drug-likeness (QED) is 0.669. The van der Waals surface area contributed by atoms with Gasteiger partial charge in [0.2, 0.25) is 6.10 Å². The third-order valence-corrected chi connectivity index (χ3v) is 8.28. The average molecular weight is 426 g/mol. The van der Waals surface area contributed by atoms with Gasteiger partial charge in [0, 0.05) is 13.0 Å². The molecular formula is C23H39NO6. The molecule has 3 fully saturated rings. The Kier molecular flexibility index (Phi) is 7.15. The first-order valence-electron chi connectivity index (χ1n) is 11.5. The zero-order chi connectivity index (χ0) is 22.3. The monoisotopic (exact) mass is 425 g/mol. The van der Waals surface area contributed by atoms with Gasteiger partial charge in [-0.3, -0.25) is 4.79 Å². The van der Waals surface area contributed by atoms with E-state index in [1.807, 2.05) is 0 Å². The van der Waals surface area contributed by atoms with E-state index in [2.05, 4.69) is 48.5 Å². The van der Waals surface area contributed by atoms with Crippen LogP contribution < -0.4 is 0 Å². The second-order valence-electron chi connectivity index (χ2n) is 9.78. The Morgan fingerprint density at radius 3 is 2.00 bits per heavy atom. The normalized spacial score (nSPS) is 47.5. The van der Waals surface area contributed by atoms with E-state index < -0.39 is 18.3 Å². The molecule has 0 aromatic carbocycles. The number of nitrogens with zero attached hydrogens (tertiary/aromatic N) is 1. The summed E-state index contributed by atoms with van der Waals surface area (Å²) in [6.07, 6.45) is -1.26. The highest BCUT2D eigenvalue weighted by molar-refractivity contribution is 6.00. The highest BCUT2D eigenvalue weighted by atomic mass is 16.7. The third kappa shape index (κ3) is 4.13. The van der Waals surface area contributed by atoms with E-state index in [1.54, 1.807) is 0 Å². The minimum Gasteiger partial charge on any atom is -0.433 e. The first kappa shape index (κ1) is 23.5. The van der Waals surface area contributed by atoms with Gasteiger partial charge in [-0.1, -0.05) is 48.5 Å². The molecule has 7 nitrogen and oxygen atoms in total. The summed E-state index contributed by atoms with van der Waals surface area (Å²) in [5.41, 5.74) is 0. The minimum atomic E-state index is -0.884. The van der Waals surface area contributed by atoms with Crippen LogP contribution in [0, 0.1) is 35.5 Å². The van der Waals surface area contributed by atoms with Crippen molar-refractivity contribution in [1.29, 1.82) is 0 Å². The molecule has 0 saturated carbocycles. The summed E-state index contributed by atoms with van der Waals surface area (Å²) in [4.78, 5) is 25.4. The van der Waals surface area contributed by atoms with Crippen LogP contribution >= 0.6 is 0 Å². The van der Waals surface area contributed by atoms with Gasteiger partial charge in [0.1, 0.15) is 6.10 Å². The number of likely N-dealkylation sites (N-methyl/N-ethyl adjacent to an activating group) is 1. The number of ether oxygens (including phenoxy) is 4. The molecule has 30 heavy (non-hydrogen) atoms. The van der Waals surface area contributed by atoms with Crippen LogP contribution in [0.1, 0.15) is 54.9 Å². The van der Waals surface area contributed by atoms with Gasteiger partial charge in [-0.15, -0.1) is 0 Å². The molecule has 7 heteroatoms. The molecule has 3 aliphatic rings. The number of carbonyl (C=O) groups is 2. The Balaban J connectivity index is 1.68. The molecule has 172 valence electrons. The number of rotatable bonds is 5. The zero-order valence-corrected chi connectivity index (χ0v) is 19.7. The van der Waals surface area contributed by atoms with Crippen LogP contribution in [0.5, 0.6) is 0 Å². The lowest BCUT2D eigenvalue weighted by atomic mass is 9.75. The number of hydrogen-bond donors (Lipinski definition) is 0. The molecule has 0 aromatic rings. The predicted octanol–water partition coefficient (Wildman–Crippen LogP) is 3.70. The van der Waals surface area contributed by atoms with Crippen molar-refractivity contribution < 1.29 is 28.5 Å². The van der Waals surface area contributed by atoms with E-state index in [4.69, 9.17) is 18.9 Å². The van der Waals surface area contributed by atoms with Crippen molar-refractivity contribution in [2.24, 2.45) is 35.5 Å². The van der Waals surface area contributed by atoms with Crippen LogP contribution in [0.15, 0.2) is 0 Å². The highest BCUT2D eigenvalue weighted by Crippen LogP contribution is 2.40. The van der Waals surface area contributed by atoms with Crippen LogP contribution in [0.4, 0.5) is 4.79 Å². The first-order chi connectivity index (χ1) is 14.1. The van der Waals surface area contributed by atoms with Crippen molar-refractivity contribution >= 4 is 12.0 Å². The molecule has 3 heterocycles. The van der Waals surface area contributed by atoms with Gasteiger partial charge in [0.25, 0.3) is 5.91 Å². The van der Waals surface area contributed by atoms with E-state index in [9.17, 15) is 9.59 Å². The van der Waals surface area contributed by atoms with Crippen molar-refractivity contribution in [3.05, 3.63) is 0 Å². The SMILES string of the molecule is CCC1OC(OCC2OC(C3OC(=O)N(C)C3=O)C(C)C(C)C2C)C(C)C(C)C1C. The van der Waals surface area contributed by atoms with Gasteiger partial charge < -0.3 is 18.9 Å². The lowest BCUT2D eigenvalue weighted by molar-refractivity contribution is -0.268. The number of cyclic esters (lactones) is 1. The van der Waals surface area contributed by atoms with Crippen LogP contribution in [-0.2, 0) is 23.7 Å². The largest absolute Gasteiger partial charge is 0.433 e. The second-order valence-corrected chi connectivity index (χ2v) is 9.78. The molecular weight excluding hydrogens is 386 g/mol. The molecule has 0 radical (unpaired) electrons. The number of carbonyl (C=O) groups excluding carboxylic acids is 2. The molecule has 3 saturated heterocycles. The fourth-order valence-electron chi connectivity index (χ4n) is 5.17. The standard InChI is InChI=1S/C23H39NO6/c1-9-17-13(4)12(3)16(7)22(29-17)27-10-18-14(5)11(2)15(6)19(28-18)20-21(25)24(8)23(26)30-20/h11-20,22H,9-10H2,1-8H3. The first-order valence-corrected chi connectivity index (χ1v) is 11.5. The Labute approximate surface area is 180 Å². The van der Waals surface area contributed by atoms with E-state index in [1.165, 1.54) is 7.05 Å². The van der Waals surface area contributed by atoms with Crippen molar-refractivity contribution in [2.75, 3.05) is 13.7 Å². The molecule has 3 rings (SSSR count). The van der Waals surface area contributed by atoms with Gasteiger partial charge in [-0.05, 0) is 36.0 Å². The molecule has 0 aliphatic carbocycles. The molecule has 11 atom stereocenters. The maximum atomic E-state index is 12.5. The fraction of sp³-hybridized carbons (Fsp3) is 0.913. The Morgan fingerprint density at radius 1 is 0.833 bits per heavy atom. The smallest absolute Gasteiger partial charge is 0.417 e. The number of hydrogen-bond acceptors (Lipinski definition) is 6. The Bertz CT molecular complexity index is 639. The van der Waals surface area contributed by atoms with Crippen LogP contribution in [0.2, 0.25) is 0 Å². The van der Waals surface area contributed by atoms with Crippen molar-refractivity contribution in [3.63, 3.8) is 0 Å². The lowest BCUT2D eigenvalue weighted by Gasteiger charge is -2.46. The van der Waals surface area contributed by atoms with E-state index in [-0.39, 0.29) is 36.2 Å². The van der Waals surface area contributed by atoms with Crippen LogP contribution in [0.3, 0.4) is 0 Å². The van der Waals surface area contributed by atoms with Gasteiger partial charge in [0.15, 0.2) is 6.29 Å². The molecule has 0 bridgehead atoms. The van der Waals surface area contributed by atoms with Crippen molar-refractivity contribution in [3.8, 4) is 0 Å². The minimum absolute atomic E-state index is 0.0831. The van der Waals surface area contributed by atoms with Crippen LogP contribution in [0.25, 0.3) is 0 Å². The molecule has 3 aliphatic heterocycles. The maximum Gasteiger partial charge on any atom is 0.417 e. The maximum absolute atomic E-state index is 12.5. The van der Waals surface area contributed by atoms with E-state index in [0.29, 0.717) is 30.3 Å². The second kappa shape index (κ2) is 9.13. The van der Waals surface area contributed by atoms with E-state index in [0.717, 1.165) is 11.3 Å².